The van der Waals surface area contributed by atoms with Gasteiger partial charge in [-0.3, -0.25) is 14.9 Å². The zero-order valence-electron chi connectivity index (χ0n) is 15.9. The number of likely N-dealkylation sites (N-methyl/N-ethyl adjacent to an activating group) is 1. The van der Waals surface area contributed by atoms with Gasteiger partial charge in [-0.25, -0.2) is 0 Å². The number of carbonyl (C=O) groups excluding carboxylic acids is 1. The number of halogens is 1. The Morgan fingerprint density at radius 3 is 2.54 bits per heavy atom. The fourth-order valence-corrected chi connectivity index (χ4v) is 3.78. The van der Waals surface area contributed by atoms with E-state index in [0.29, 0.717) is 23.4 Å². The summed E-state index contributed by atoms with van der Waals surface area (Å²) >= 11 is 5.99. The van der Waals surface area contributed by atoms with Gasteiger partial charge >= 0.3 is 0 Å². The van der Waals surface area contributed by atoms with E-state index in [9.17, 15) is 14.9 Å². The number of nitrogens with zero attached hydrogens (tertiary/aromatic N) is 3. The Bertz CT molecular complexity index is 1030. The largest absolute Gasteiger partial charge is 0.338 e. The van der Waals surface area contributed by atoms with Crippen molar-refractivity contribution < 1.29 is 9.72 Å². The Kier molecular flexibility index (Phi) is 6.11. The number of nitro benzene ring substituents is 1. The minimum Gasteiger partial charge on any atom is -0.338 e. The molecule has 0 fully saturated rings. The molecule has 0 radical (unpaired) electrons. The van der Waals surface area contributed by atoms with Crippen LogP contribution in [-0.2, 0) is 6.54 Å². The number of carbonyl (C=O) groups is 1. The summed E-state index contributed by atoms with van der Waals surface area (Å²) in [6.07, 6.45) is 0.782. The van der Waals surface area contributed by atoms with Crippen molar-refractivity contribution in [2.24, 2.45) is 0 Å². The smallest absolute Gasteiger partial charge is 0.280 e. The predicted molar refractivity (Wildman–Crippen MR) is 112 cm³/mol. The first-order chi connectivity index (χ1) is 13.5. The average molecular weight is 400 g/mol. The van der Waals surface area contributed by atoms with Crippen LogP contribution in [0.5, 0.6) is 0 Å². The topological polar surface area (TPSA) is 68.4 Å². The van der Waals surface area contributed by atoms with E-state index in [1.165, 1.54) is 6.07 Å². The Morgan fingerprint density at radius 1 is 1.18 bits per heavy atom. The third-order valence-corrected chi connectivity index (χ3v) is 5.31. The standard InChI is InChI=1S/C21H22ClN3O3/c1-3-23(4-2)11-12-24-19-8-6-5-7-16(19)18(14-26)21(24)17-10-9-15(22)13-20(17)25(27)28/h5-10,13-14H,3-4,11-12H2,1-2H3. The number of nitro groups is 1. The van der Waals surface area contributed by atoms with Crippen LogP contribution in [0.1, 0.15) is 24.2 Å². The number of aldehydes is 1. The maximum Gasteiger partial charge on any atom is 0.280 e. The van der Waals surface area contributed by atoms with Crippen LogP contribution in [-0.4, -0.2) is 40.3 Å². The van der Waals surface area contributed by atoms with E-state index in [1.54, 1.807) is 12.1 Å². The highest BCUT2D eigenvalue weighted by molar-refractivity contribution is 6.31. The Labute approximate surface area is 168 Å². The van der Waals surface area contributed by atoms with Crippen LogP contribution >= 0.6 is 11.6 Å². The van der Waals surface area contributed by atoms with Crippen molar-refractivity contribution in [3.05, 3.63) is 63.2 Å². The molecule has 0 atom stereocenters. The van der Waals surface area contributed by atoms with Crippen LogP contribution < -0.4 is 0 Å². The number of hydrogen-bond acceptors (Lipinski definition) is 4. The third-order valence-electron chi connectivity index (χ3n) is 5.07. The first-order valence-electron chi connectivity index (χ1n) is 9.24. The highest BCUT2D eigenvalue weighted by Crippen LogP contribution is 2.38. The van der Waals surface area contributed by atoms with Crippen molar-refractivity contribution in [2.75, 3.05) is 19.6 Å². The second-order valence-corrected chi connectivity index (χ2v) is 6.93. The molecule has 0 aliphatic heterocycles. The quantitative estimate of drug-likeness (QED) is 0.303. The van der Waals surface area contributed by atoms with Crippen molar-refractivity contribution in [3.63, 3.8) is 0 Å². The van der Waals surface area contributed by atoms with Gasteiger partial charge in [-0.2, -0.15) is 0 Å². The fraction of sp³-hybridized carbons (Fsp3) is 0.286. The van der Waals surface area contributed by atoms with E-state index < -0.39 is 4.92 Å². The summed E-state index contributed by atoms with van der Waals surface area (Å²) in [6, 6.07) is 12.2. The third kappa shape index (κ3) is 3.66. The van der Waals surface area contributed by atoms with Crippen molar-refractivity contribution in [1.29, 1.82) is 0 Å². The van der Waals surface area contributed by atoms with Gasteiger partial charge in [0, 0.05) is 40.6 Å². The van der Waals surface area contributed by atoms with E-state index in [0.717, 1.165) is 36.8 Å². The Hall–Kier alpha value is -2.70. The van der Waals surface area contributed by atoms with Gasteiger partial charge in [0.2, 0.25) is 0 Å². The number of aromatic nitrogens is 1. The van der Waals surface area contributed by atoms with Gasteiger partial charge in [0.1, 0.15) is 0 Å². The molecule has 3 aromatic rings. The molecule has 0 spiro atoms. The molecular weight excluding hydrogens is 378 g/mol. The van der Waals surface area contributed by atoms with Crippen molar-refractivity contribution in [2.45, 2.75) is 20.4 Å². The first kappa shape index (κ1) is 20.0. The molecule has 2 aromatic carbocycles. The van der Waals surface area contributed by atoms with E-state index in [-0.39, 0.29) is 10.7 Å². The lowest BCUT2D eigenvalue weighted by Crippen LogP contribution is -2.27. The molecule has 146 valence electrons. The molecule has 28 heavy (non-hydrogen) atoms. The molecule has 0 unspecified atom stereocenters. The van der Waals surface area contributed by atoms with Gasteiger partial charge in [-0.15, -0.1) is 0 Å². The monoisotopic (exact) mass is 399 g/mol. The molecule has 0 saturated heterocycles. The van der Waals surface area contributed by atoms with Crippen molar-refractivity contribution in [3.8, 4) is 11.3 Å². The predicted octanol–water partition coefficient (Wildman–Crippen LogP) is 5.02. The zero-order chi connectivity index (χ0) is 20.3. The van der Waals surface area contributed by atoms with Crippen LogP contribution in [0.3, 0.4) is 0 Å². The van der Waals surface area contributed by atoms with Crippen molar-refractivity contribution >= 4 is 34.5 Å². The minimum atomic E-state index is -0.456. The number of hydrogen-bond donors (Lipinski definition) is 0. The second kappa shape index (κ2) is 8.54. The van der Waals surface area contributed by atoms with Gasteiger partial charge < -0.3 is 9.47 Å². The van der Waals surface area contributed by atoms with Crippen LogP contribution in [0.25, 0.3) is 22.2 Å². The highest BCUT2D eigenvalue weighted by atomic mass is 35.5. The molecule has 3 rings (SSSR count). The van der Waals surface area contributed by atoms with E-state index in [4.69, 9.17) is 11.6 Å². The molecule has 0 aliphatic carbocycles. The van der Waals surface area contributed by atoms with Crippen LogP contribution in [0.4, 0.5) is 5.69 Å². The summed E-state index contributed by atoms with van der Waals surface area (Å²) in [5, 5.41) is 12.7. The summed E-state index contributed by atoms with van der Waals surface area (Å²) in [4.78, 5) is 25.5. The van der Waals surface area contributed by atoms with Gasteiger partial charge in [-0.1, -0.05) is 43.6 Å². The molecule has 0 bridgehead atoms. The van der Waals surface area contributed by atoms with Crippen LogP contribution in [0.15, 0.2) is 42.5 Å². The number of para-hydroxylation sites is 1. The maximum absolute atomic E-state index is 12.0. The minimum absolute atomic E-state index is 0.109. The van der Waals surface area contributed by atoms with E-state index >= 15 is 0 Å². The van der Waals surface area contributed by atoms with Crippen LogP contribution in [0, 0.1) is 10.1 Å². The molecule has 7 heteroatoms. The van der Waals surface area contributed by atoms with Crippen molar-refractivity contribution in [1.82, 2.24) is 9.47 Å². The molecule has 1 aromatic heterocycles. The maximum atomic E-state index is 12.0. The summed E-state index contributed by atoms with van der Waals surface area (Å²) in [7, 11) is 0. The fourth-order valence-electron chi connectivity index (χ4n) is 3.61. The van der Waals surface area contributed by atoms with Gasteiger partial charge in [0.15, 0.2) is 6.29 Å². The molecular formula is C21H22ClN3O3. The average Bonchev–Trinajstić information content (AvgIpc) is 3.02. The molecule has 0 amide bonds. The summed E-state index contributed by atoms with van der Waals surface area (Å²) in [5.41, 5.74) is 2.19. The molecule has 0 saturated carbocycles. The Balaban J connectivity index is 2.28. The number of fused-ring (bicyclic) bond motifs is 1. The Morgan fingerprint density at radius 2 is 1.89 bits per heavy atom. The normalized spacial score (nSPS) is 11.3. The lowest BCUT2D eigenvalue weighted by molar-refractivity contribution is -0.384. The number of rotatable bonds is 8. The zero-order valence-corrected chi connectivity index (χ0v) is 16.6. The summed E-state index contributed by atoms with van der Waals surface area (Å²) < 4.78 is 2.01. The number of benzene rings is 2. The van der Waals surface area contributed by atoms with E-state index in [1.807, 2.05) is 28.8 Å². The highest BCUT2D eigenvalue weighted by Gasteiger charge is 2.25. The molecule has 6 nitrogen and oxygen atoms in total. The SMILES string of the molecule is CCN(CC)CCn1c(-c2ccc(Cl)cc2[N+](=O)[O-])c(C=O)c2ccccc21. The van der Waals surface area contributed by atoms with Gasteiger partial charge in [0.05, 0.1) is 16.2 Å². The van der Waals surface area contributed by atoms with Crippen LogP contribution in [0.2, 0.25) is 5.02 Å². The summed E-state index contributed by atoms with van der Waals surface area (Å²) in [6.45, 7) is 7.40. The molecule has 0 N–H and O–H groups in total. The second-order valence-electron chi connectivity index (χ2n) is 6.49. The van der Waals surface area contributed by atoms with Gasteiger partial charge in [0.25, 0.3) is 5.69 Å². The molecule has 1 heterocycles. The first-order valence-corrected chi connectivity index (χ1v) is 9.62. The summed E-state index contributed by atoms with van der Waals surface area (Å²) in [5.74, 6) is 0. The lowest BCUT2D eigenvalue weighted by Gasteiger charge is -2.20. The van der Waals surface area contributed by atoms with Gasteiger partial charge in [-0.05, 0) is 31.3 Å². The van der Waals surface area contributed by atoms with E-state index in [2.05, 4.69) is 18.7 Å². The lowest BCUT2D eigenvalue weighted by atomic mass is 10.0. The molecule has 0 aliphatic rings.